The zero-order chi connectivity index (χ0) is 29.1. The molecule has 0 saturated carbocycles. The molecule has 3 aromatic rings. The van der Waals surface area contributed by atoms with E-state index in [2.05, 4.69) is 10.6 Å². The van der Waals surface area contributed by atoms with Crippen LogP contribution in [0.15, 0.2) is 42.5 Å². The summed E-state index contributed by atoms with van der Waals surface area (Å²) in [5.41, 5.74) is 1.59. The average Bonchev–Trinajstić information content (AvgIpc) is 3.14. The van der Waals surface area contributed by atoms with Crippen LogP contribution in [0.4, 0.5) is 8.78 Å². The van der Waals surface area contributed by atoms with Gasteiger partial charge >= 0.3 is 5.97 Å². The van der Waals surface area contributed by atoms with Gasteiger partial charge in [-0.25, -0.2) is 13.6 Å². The predicted molar refractivity (Wildman–Crippen MR) is 143 cm³/mol. The Morgan fingerprint density at radius 3 is 2.30 bits per heavy atom. The molecule has 1 amide bonds. The minimum absolute atomic E-state index is 0.0601. The summed E-state index contributed by atoms with van der Waals surface area (Å²) in [4.78, 5) is 38.9. The molecule has 1 fully saturated rings. The van der Waals surface area contributed by atoms with Gasteiger partial charge in [0.1, 0.15) is 23.2 Å². The Balaban J connectivity index is 1.50. The van der Waals surface area contributed by atoms with Crippen molar-refractivity contribution in [1.82, 2.24) is 10.6 Å². The Labute approximate surface area is 230 Å². The number of benzene rings is 3. The number of rotatable bonds is 6. The van der Waals surface area contributed by atoms with E-state index in [-0.39, 0.29) is 22.8 Å². The van der Waals surface area contributed by atoms with Crippen LogP contribution in [0.1, 0.15) is 66.2 Å². The van der Waals surface area contributed by atoms with Crippen LogP contribution in [-0.4, -0.2) is 53.1 Å². The van der Waals surface area contributed by atoms with E-state index in [1.54, 1.807) is 26.8 Å². The number of esters is 1. The third-order valence-corrected chi connectivity index (χ3v) is 7.21. The van der Waals surface area contributed by atoms with Gasteiger partial charge in [0, 0.05) is 17.7 Å². The number of aromatic hydroxyl groups is 2. The first-order valence-corrected chi connectivity index (χ1v) is 12.8. The maximum absolute atomic E-state index is 14.1. The van der Waals surface area contributed by atoms with Gasteiger partial charge in [0.2, 0.25) is 0 Å². The first-order valence-electron chi connectivity index (χ1n) is 12.8. The monoisotopic (exact) mass is 552 g/mol. The van der Waals surface area contributed by atoms with Crippen LogP contribution < -0.4 is 10.6 Å². The van der Waals surface area contributed by atoms with E-state index in [9.17, 15) is 33.4 Å². The summed E-state index contributed by atoms with van der Waals surface area (Å²) in [5, 5.41) is 26.1. The molecule has 4 rings (SSSR count). The summed E-state index contributed by atoms with van der Waals surface area (Å²) in [5.74, 6) is -5.29. The lowest BCUT2D eigenvalue weighted by Crippen LogP contribution is -2.49. The molecule has 8 nitrogen and oxygen atoms in total. The van der Waals surface area contributed by atoms with Gasteiger partial charge in [-0.15, -0.1) is 0 Å². The number of aryl methyl sites for hydroxylation is 1. The molecule has 2 atom stereocenters. The minimum Gasteiger partial charge on any atom is -0.508 e. The summed E-state index contributed by atoms with van der Waals surface area (Å²) in [6.07, 6.45) is 0.548. The number of phenols is 2. The van der Waals surface area contributed by atoms with Gasteiger partial charge in [-0.1, -0.05) is 12.1 Å². The molecule has 0 unspecified atom stereocenters. The van der Waals surface area contributed by atoms with Gasteiger partial charge in [0.25, 0.3) is 5.91 Å². The fourth-order valence-electron chi connectivity index (χ4n) is 4.82. The summed E-state index contributed by atoms with van der Waals surface area (Å²) in [6.45, 7) is 6.28. The topological polar surface area (TPSA) is 125 Å². The highest BCUT2D eigenvalue weighted by atomic mass is 19.2. The largest absolute Gasteiger partial charge is 0.508 e. The number of hydrogen-bond acceptors (Lipinski definition) is 7. The molecule has 0 bridgehead atoms. The highest BCUT2D eigenvalue weighted by molar-refractivity contribution is 6.11. The molecule has 40 heavy (non-hydrogen) atoms. The molecule has 4 N–H and O–H groups in total. The lowest BCUT2D eigenvalue weighted by Gasteiger charge is -2.27. The van der Waals surface area contributed by atoms with E-state index in [0.29, 0.717) is 54.3 Å². The fraction of sp³-hybridized carbons (Fsp3) is 0.300. The molecule has 3 aromatic carbocycles. The van der Waals surface area contributed by atoms with Crippen molar-refractivity contribution in [2.45, 2.75) is 45.8 Å². The predicted octanol–water partition coefficient (Wildman–Crippen LogP) is 4.24. The molecule has 0 aromatic heterocycles. The zero-order valence-corrected chi connectivity index (χ0v) is 22.3. The highest BCUT2D eigenvalue weighted by Gasteiger charge is 2.30. The molecule has 10 heteroatoms. The lowest BCUT2D eigenvalue weighted by molar-refractivity contribution is 0.0191. The molecule has 0 aliphatic carbocycles. The van der Waals surface area contributed by atoms with Gasteiger partial charge in [-0.2, -0.15) is 0 Å². The van der Waals surface area contributed by atoms with Crippen LogP contribution in [-0.2, 0) is 4.74 Å². The first kappa shape index (κ1) is 28.7. The molecule has 1 aliphatic heterocycles. The number of nitrogens with one attached hydrogen (secondary N) is 2. The number of phenolic OH excluding ortho intramolecular Hbond substituents is 2. The fourth-order valence-corrected chi connectivity index (χ4v) is 4.82. The SMILES string of the molecule is Cc1cc(O)c(C)c(C)c1C(=O)N[C@@H]1CNCCC[C@H]1OC(=O)c1ccc(C(=O)c2c(O)ccc(F)c2F)cc1. The molecular formula is C30H30F2N2O6. The van der Waals surface area contributed by atoms with Crippen LogP contribution in [0.25, 0.3) is 0 Å². The maximum Gasteiger partial charge on any atom is 0.338 e. The van der Waals surface area contributed by atoms with Crippen molar-refractivity contribution in [1.29, 1.82) is 0 Å². The Hall–Kier alpha value is -4.31. The standard InChI is InChI=1S/C30H30F2N2O6/c1-15-13-23(36)16(2)17(3)25(15)29(38)34-21-14-33-12-4-5-24(21)40-30(39)19-8-6-18(7-9-19)28(37)26-22(35)11-10-20(31)27(26)32/h6-11,13,21,24,33,35-36H,4-5,12,14H2,1-3H3,(H,34,38)/t21-,24-/m1/s1. The van der Waals surface area contributed by atoms with Crippen LogP contribution in [0.3, 0.4) is 0 Å². The number of ether oxygens (including phenoxy) is 1. The smallest absolute Gasteiger partial charge is 0.338 e. The molecule has 1 heterocycles. The Bertz CT molecular complexity index is 1470. The van der Waals surface area contributed by atoms with Crippen LogP contribution in [0.2, 0.25) is 0 Å². The van der Waals surface area contributed by atoms with Crippen molar-refractivity contribution in [3.05, 3.63) is 93.0 Å². The molecule has 1 saturated heterocycles. The lowest BCUT2D eigenvalue weighted by atomic mass is 9.96. The quantitative estimate of drug-likeness (QED) is 0.266. The van der Waals surface area contributed by atoms with E-state index >= 15 is 0 Å². The van der Waals surface area contributed by atoms with E-state index in [0.717, 1.165) is 6.07 Å². The second kappa shape index (κ2) is 11.8. The van der Waals surface area contributed by atoms with Crippen LogP contribution >= 0.6 is 0 Å². The third kappa shape index (κ3) is 5.81. The van der Waals surface area contributed by atoms with E-state index < -0.39 is 46.8 Å². The normalized spacial score (nSPS) is 17.1. The summed E-state index contributed by atoms with van der Waals surface area (Å²) < 4.78 is 33.5. The molecular weight excluding hydrogens is 522 g/mol. The van der Waals surface area contributed by atoms with Gasteiger partial charge in [-0.05, 0) is 87.2 Å². The number of carbonyl (C=O) groups is 3. The summed E-state index contributed by atoms with van der Waals surface area (Å²) in [7, 11) is 0. The zero-order valence-electron chi connectivity index (χ0n) is 22.3. The third-order valence-electron chi connectivity index (χ3n) is 7.21. The maximum atomic E-state index is 14.1. The van der Waals surface area contributed by atoms with Crippen LogP contribution in [0.5, 0.6) is 11.5 Å². The van der Waals surface area contributed by atoms with Gasteiger partial charge in [0.15, 0.2) is 17.4 Å². The molecule has 210 valence electrons. The van der Waals surface area contributed by atoms with Crippen molar-refractivity contribution >= 4 is 17.7 Å². The average molecular weight is 553 g/mol. The number of ketones is 1. The summed E-state index contributed by atoms with van der Waals surface area (Å²) in [6, 6.07) is 7.76. The van der Waals surface area contributed by atoms with E-state index in [1.165, 1.54) is 24.3 Å². The molecule has 0 spiro atoms. The van der Waals surface area contributed by atoms with Gasteiger partial charge in [-0.3, -0.25) is 9.59 Å². The van der Waals surface area contributed by atoms with Crippen molar-refractivity contribution in [2.24, 2.45) is 0 Å². The number of amides is 1. The van der Waals surface area contributed by atoms with E-state index in [1.807, 2.05) is 0 Å². The van der Waals surface area contributed by atoms with Crippen LogP contribution in [0, 0.1) is 32.4 Å². The van der Waals surface area contributed by atoms with Crippen molar-refractivity contribution in [2.75, 3.05) is 13.1 Å². The van der Waals surface area contributed by atoms with Crippen molar-refractivity contribution in [3.63, 3.8) is 0 Å². The second-order valence-electron chi connectivity index (χ2n) is 9.87. The Morgan fingerprint density at radius 1 is 0.925 bits per heavy atom. The van der Waals surface area contributed by atoms with Crippen molar-refractivity contribution < 1.29 is 38.1 Å². The number of hydrogen-bond donors (Lipinski definition) is 4. The number of halogens is 2. The Morgan fingerprint density at radius 2 is 1.60 bits per heavy atom. The highest BCUT2D eigenvalue weighted by Crippen LogP contribution is 2.28. The Kier molecular flexibility index (Phi) is 8.49. The van der Waals surface area contributed by atoms with Gasteiger partial charge < -0.3 is 25.6 Å². The van der Waals surface area contributed by atoms with Gasteiger partial charge in [0.05, 0.1) is 11.6 Å². The van der Waals surface area contributed by atoms with E-state index in [4.69, 9.17) is 4.74 Å². The minimum atomic E-state index is -1.46. The molecule has 0 radical (unpaired) electrons. The number of carbonyl (C=O) groups excluding carboxylic acids is 3. The first-order chi connectivity index (χ1) is 19.0. The molecule has 1 aliphatic rings. The summed E-state index contributed by atoms with van der Waals surface area (Å²) >= 11 is 0. The van der Waals surface area contributed by atoms with Crippen molar-refractivity contribution in [3.8, 4) is 11.5 Å². The second-order valence-corrected chi connectivity index (χ2v) is 9.87.